The van der Waals surface area contributed by atoms with E-state index in [0.29, 0.717) is 0 Å². The molecule has 1 aromatic carbocycles. The van der Waals surface area contributed by atoms with Crippen molar-refractivity contribution in [3.05, 3.63) is 29.8 Å². The van der Waals surface area contributed by atoms with Gasteiger partial charge in [0.2, 0.25) is 0 Å². The minimum atomic E-state index is -3.25. The number of hydrogen-bond donors (Lipinski definition) is 0. The summed E-state index contributed by atoms with van der Waals surface area (Å²) in [7, 11) is -3.25. The van der Waals surface area contributed by atoms with E-state index >= 15 is 0 Å². The molecule has 0 saturated heterocycles. The third-order valence-corrected chi connectivity index (χ3v) is 4.48. The van der Waals surface area contributed by atoms with Crippen molar-refractivity contribution >= 4 is 9.84 Å². The molecule has 0 N–H and O–H groups in total. The van der Waals surface area contributed by atoms with E-state index in [9.17, 15) is 8.42 Å². The minimum absolute atomic E-state index is 0. The first-order chi connectivity index (χ1) is 6.25. The fourth-order valence-electron chi connectivity index (χ4n) is 0.985. The Morgan fingerprint density at radius 1 is 1.20 bits per heavy atom. The Kier molecular flexibility index (Phi) is 4.66. The van der Waals surface area contributed by atoms with Gasteiger partial charge in [-0.3, -0.25) is 0 Å². The summed E-state index contributed by atoms with van der Waals surface area (Å²) in [4.78, 5) is 0.274. The van der Waals surface area contributed by atoms with Gasteiger partial charge in [-0.25, -0.2) is 8.42 Å². The quantitative estimate of drug-likeness (QED) is 0.464. The minimum Gasteiger partial charge on any atom is -0.225 e. The first-order valence-corrected chi connectivity index (χ1v) is 5.96. The number of hydrogen-bond acceptors (Lipinski definition) is 2. The summed E-state index contributed by atoms with van der Waals surface area (Å²) in [5.74, 6) is 0. The van der Waals surface area contributed by atoms with E-state index in [-0.39, 0.29) is 23.8 Å². The van der Waals surface area contributed by atoms with Crippen molar-refractivity contribution in [1.82, 2.24) is 0 Å². The molecule has 0 spiro atoms. The smallest absolute Gasteiger partial charge is 0.225 e. The van der Waals surface area contributed by atoms with Crippen molar-refractivity contribution in [2.24, 2.45) is 0 Å². The molecule has 0 aliphatic rings. The summed E-state index contributed by atoms with van der Waals surface area (Å²) >= 11 is 0. The normalized spacial score (nSPS) is 12.0. The van der Waals surface area contributed by atoms with Crippen LogP contribution in [0.5, 0.6) is 0 Å². The van der Waals surface area contributed by atoms with Crippen molar-refractivity contribution in [1.29, 1.82) is 0 Å². The molecular formula is C11H15LiO2S. The topological polar surface area (TPSA) is 34.1 Å². The van der Waals surface area contributed by atoms with Gasteiger partial charge in [0, 0.05) is 0 Å². The van der Waals surface area contributed by atoms with Crippen LogP contribution < -0.4 is 18.9 Å². The zero-order valence-corrected chi connectivity index (χ0v) is 10.8. The fourth-order valence-corrected chi connectivity index (χ4v) is 2.11. The van der Waals surface area contributed by atoms with E-state index in [1.54, 1.807) is 39.0 Å². The molecule has 0 heterocycles. The molecule has 0 unspecified atom stereocenters. The molecule has 0 aliphatic heterocycles. The average molecular weight is 218 g/mol. The van der Waals surface area contributed by atoms with Crippen LogP contribution in [0.15, 0.2) is 23.1 Å². The van der Waals surface area contributed by atoms with E-state index in [0.717, 1.165) is 5.56 Å². The monoisotopic (exact) mass is 218 g/mol. The fraction of sp³-hybridized carbons (Fsp3) is 0.455. The number of aryl methyl sites for hydroxylation is 1. The van der Waals surface area contributed by atoms with Crippen LogP contribution in [0.1, 0.15) is 26.3 Å². The summed E-state index contributed by atoms with van der Waals surface area (Å²) in [5, 5.41) is 0. The summed E-state index contributed by atoms with van der Waals surface area (Å²) in [6.45, 7) is 6.98. The van der Waals surface area contributed by atoms with Crippen LogP contribution in [0, 0.1) is 13.0 Å². The second-order valence-electron chi connectivity index (χ2n) is 4.35. The second kappa shape index (κ2) is 4.74. The van der Waals surface area contributed by atoms with Crippen molar-refractivity contribution in [2.75, 3.05) is 0 Å². The van der Waals surface area contributed by atoms with E-state index in [1.807, 2.05) is 6.92 Å². The molecule has 2 nitrogen and oxygen atoms in total. The van der Waals surface area contributed by atoms with Crippen molar-refractivity contribution < 1.29 is 27.3 Å². The Bertz CT molecular complexity index is 413. The molecule has 0 amide bonds. The molecule has 0 saturated carbocycles. The Morgan fingerprint density at radius 2 is 1.73 bits per heavy atom. The van der Waals surface area contributed by atoms with Crippen LogP contribution in [-0.4, -0.2) is 13.2 Å². The van der Waals surface area contributed by atoms with E-state index in [2.05, 4.69) is 6.07 Å². The van der Waals surface area contributed by atoms with Gasteiger partial charge in [0.05, 0.1) is 4.75 Å². The first kappa shape index (κ1) is 14.8. The van der Waals surface area contributed by atoms with E-state index in [4.69, 9.17) is 0 Å². The number of benzene rings is 1. The third-order valence-electron chi connectivity index (χ3n) is 2.04. The first-order valence-electron chi connectivity index (χ1n) is 4.48. The molecule has 0 radical (unpaired) electrons. The molecule has 1 rings (SSSR count). The zero-order valence-electron chi connectivity index (χ0n) is 9.96. The van der Waals surface area contributed by atoms with Crippen LogP contribution in [0.2, 0.25) is 0 Å². The zero-order chi connectivity index (χ0) is 11.0. The largest absolute Gasteiger partial charge is 1.00 e. The number of sulfone groups is 1. The molecule has 4 heteroatoms. The molecular weight excluding hydrogens is 203 g/mol. The van der Waals surface area contributed by atoms with Crippen molar-refractivity contribution in [2.45, 2.75) is 37.3 Å². The molecule has 0 bridgehead atoms. The van der Waals surface area contributed by atoms with Crippen LogP contribution in [0.4, 0.5) is 0 Å². The molecule has 1 aromatic rings. The summed E-state index contributed by atoms with van der Waals surface area (Å²) in [5.41, 5.74) is 1.01. The van der Waals surface area contributed by atoms with Gasteiger partial charge >= 0.3 is 18.9 Å². The van der Waals surface area contributed by atoms with Gasteiger partial charge in [0.1, 0.15) is 0 Å². The van der Waals surface area contributed by atoms with Crippen LogP contribution in [0.25, 0.3) is 0 Å². The maximum absolute atomic E-state index is 11.9. The predicted molar refractivity (Wildman–Crippen MR) is 57.0 cm³/mol. The van der Waals surface area contributed by atoms with Gasteiger partial charge in [0.25, 0.3) is 0 Å². The van der Waals surface area contributed by atoms with Gasteiger partial charge in [-0.15, -0.1) is 0 Å². The number of rotatable bonds is 1. The average Bonchev–Trinajstić information content (AvgIpc) is 2.03. The van der Waals surface area contributed by atoms with Crippen LogP contribution in [-0.2, 0) is 9.84 Å². The van der Waals surface area contributed by atoms with Gasteiger partial charge in [-0.05, 0) is 25.7 Å². The Labute approximate surface area is 104 Å². The summed E-state index contributed by atoms with van der Waals surface area (Å²) in [6, 6.07) is 7.88. The van der Waals surface area contributed by atoms with Crippen molar-refractivity contribution in [3.63, 3.8) is 0 Å². The van der Waals surface area contributed by atoms with Crippen molar-refractivity contribution in [3.8, 4) is 0 Å². The Morgan fingerprint density at radius 3 is 2.07 bits per heavy atom. The molecule has 0 fully saturated rings. The molecule has 0 aromatic heterocycles. The van der Waals surface area contributed by atoms with Crippen LogP contribution >= 0.6 is 0 Å². The predicted octanol–water partition coefficient (Wildman–Crippen LogP) is -0.629. The van der Waals surface area contributed by atoms with E-state index < -0.39 is 14.6 Å². The third kappa shape index (κ3) is 3.11. The molecule has 15 heavy (non-hydrogen) atoms. The maximum Gasteiger partial charge on any atom is 1.00 e. The van der Waals surface area contributed by atoms with Crippen LogP contribution in [0.3, 0.4) is 0 Å². The Hall–Kier alpha value is -0.233. The standard InChI is InChI=1S/C11H15O2S.Li/c1-9-5-7-10(8-6-9)14(12,13)11(2,3)4;/h5-7H,1-4H3;/q-1;+1. The van der Waals surface area contributed by atoms with Gasteiger partial charge in [-0.1, -0.05) is 6.92 Å². The van der Waals surface area contributed by atoms with Gasteiger partial charge in [-0.2, -0.15) is 29.8 Å². The van der Waals surface area contributed by atoms with Gasteiger partial charge < -0.3 is 0 Å². The summed E-state index contributed by atoms with van der Waals surface area (Å²) in [6.07, 6.45) is 0. The molecule has 0 atom stereocenters. The second-order valence-corrected chi connectivity index (χ2v) is 7.02. The maximum atomic E-state index is 11.9. The molecule has 78 valence electrons. The summed E-state index contributed by atoms with van der Waals surface area (Å²) < 4.78 is 23.1. The van der Waals surface area contributed by atoms with E-state index in [1.165, 1.54) is 0 Å². The van der Waals surface area contributed by atoms with Gasteiger partial charge in [0.15, 0.2) is 9.84 Å². The molecule has 0 aliphatic carbocycles. The SMILES string of the molecule is Cc1c[c-]c(S(=O)(=O)C(C)(C)C)cc1.[Li+]. The Balaban J connectivity index is 0.00000196.